The van der Waals surface area contributed by atoms with Gasteiger partial charge in [-0.05, 0) is 24.3 Å². The number of furan rings is 1. The fraction of sp³-hybridized carbons (Fsp3) is 0.0714. The minimum atomic E-state index is -0.668. The molecule has 0 aliphatic heterocycles. The first-order valence-corrected chi connectivity index (χ1v) is 6.74. The van der Waals surface area contributed by atoms with E-state index in [9.17, 15) is 14.9 Å². The van der Waals surface area contributed by atoms with Gasteiger partial charge in [0.25, 0.3) is 0 Å². The van der Waals surface area contributed by atoms with Crippen molar-refractivity contribution in [2.24, 2.45) is 0 Å². The fourth-order valence-electron chi connectivity index (χ4n) is 1.52. The Morgan fingerprint density at radius 1 is 1.32 bits per heavy atom. The molecule has 0 aliphatic rings. The van der Waals surface area contributed by atoms with Crippen LogP contribution < -0.4 is 0 Å². The molecule has 2 aromatic rings. The molecule has 0 radical (unpaired) electrons. The molecule has 0 saturated carbocycles. The van der Waals surface area contributed by atoms with E-state index in [4.69, 9.17) is 32.4 Å². The van der Waals surface area contributed by atoms with Gasteiger partial charge in [0.1, 0.15) is 17.3 Å². The molecule has 0 atom stereocenters. The molecule has 8 heteroatoms. The first-order valence-electron chi connectivity index (χ1n) is 5.98. The maximum absolute atomic E-state index is 11.6. The lowest BCUT2D eigenvalue weighted by Gasteiger charge is -2.04. The summed E-state index contributed by atoms with van der Waals surface area (Å²) in [7, 11) is 0. The summed E-state index contributed by atoms with van der Waals surface area (Å²) in [6, 6.07) is 7.40. The molecule has 0 aliphatic carbocycles. The van der Waals surface area contributed by atoms with Gasteiger partial charge in [-0.2, -0.15) is 0 Å². The molecule has 0 amide bonds. The largest absolute Gasteiger partial charge is 0.458 e. The van der Waals surface area contributed by atoms with Gasteiger partial charge in [-0.1, -0.05) is 29.3 Å². The molecule has 22 heavy (non-hydrogen) atoms. The smallest absolute Gasteiger partial charge is 0.433 e. The second-order valence-corrected chi connectivity index (χ2v) is 4.95. The molecule has 0 N–H and O–H groups in total. The average molecular weight is 342 g/mol. The lowest BCUT2D eigenvalue weighted by atomic mass is 10.2. The highest BCUT2D eigenvalue weighted by molar-refractivity contribution is 6.35. The second kappa shape index (κ2) is 7.11. The number of esters is 1. The normalized spacial score (nSPS) is 10.8. The third-order valence-electron chi connectivity index (χ3n) is 2.56. The van der Waals surface area contributed by atoms with Gasteiger partial charge in [-0.15, -0.1) is 0 Å². The van der Waals surface area contributed by atoms with Gasteiger partial charge in [-0.3, -0.25) is 10.1 Å². The highest BCUT2D eigenvalue weighted by atomic mass is 35.5. The Bertz CT molecular complexity index is 739. The van der Waals surface area contributed by atoms with Crippen molar-refractivity contribution in [3.05, 3.63) is 67.9 Å². The number of rotatable bonds is 5. The van der Waals surface area contributed by atoms with Crippen molar-refractivity contribution in [3.8, 4) is 0 Å². The van der Waals surface area contributed by atoms with Crippen molar-refractivity contribution in [2.45, 2.75) is 6.61 Å². The van der Waals surface area contributed by atoms with Crippen LogP contribution in [0.4, 0.5) is 5.88 Å². The summed E-state index contributed by atoms with van der Waals surface area (Å²) >= 11 is 11.7. The minimum Gasteiger partial charge on any atom is -0.458 e. The van der Waals surface area contributed by atoms with Gasteiger partial charge in [0, 0.05) is 21.7 Å². The summed E-state index contributed by atoms with van der Waals surface area (Å²) in [5.74, 6) is -0.862. The quantitative estimate of drug-likeness (QED) is 0.351. The Morgan fingerprint density at radius 3 is 2.73 bits per heavy atom. The summed E-state index contributed by atoms with van der Waals surface area (Å²) in [5.41, 5.74) is 0.612. The molecule has 1 heterocycles. The summed E-state index contributed by atoms with van der Waals surface area (Å²) in [5, 5.41) is 11.3. The number of ether oxygens (including phenoxy) is 1. The molecule has 0 unspecified atom stereocenters. The lowest BCUT2D eigenvalue weighted by Crippen LogP contribution is -2.01. The zero-order valence-electron chi connectivity index (χ0n) is 11.0. The van der Waals surface area contributed by atoms with Gasteiger partial charge < -0.3 is 9.15 Å². The maximum Gasteiger partial charge on any atom is 0.433 e. The monoisotopic (exact) mass is 341 g/mol. The number of benzene rings is 1. The first-order chi connectivity index (χ1) is 10.5. The number of carbonyl (C=O) groups is 1. The molecule has 1 aromatic carbocycles. The van der Waals surface area contributed by atoms with Gasteiger partial charge in [0.15, 0.2) is 0 Å². The summed E-state index contributed by atoms with van der Waals surface area (Å²) in [4.78, 5) is 21.3. The third-order valence-corrected chi connectivity index (χ3v) is 3.15. The van der Waals surface area contributed by atoms with E-state index in [-0.39, 0.29) is 12.4 Å². The Morgan fingerprint density at radius 2 is 2.09 bits per heavy atom. The van der Waals surface area contributed by atoms with Crippen molar-refractivity contribution < 1.29 is 18.9 Å². The lowest BCUT2D eigenvalue weighted by molar-refractivity contribution is -0.402. The van der Waals surface area contributed by atoms with Crippen LogP contribution in [0, 0.1) is 10.1 Å². The summed E-state index contributed by atoms with van der Waals surface area (Å²) < 4.78 is 9.86. The van der Waals surface area contributed by atoms with Crippen LogP contribution in [-0.4, -0.2) is 10.9 Å². The summed E-state index contributed by atoms with van der Waals surface area (Å²) in [6.07, 6.45) is 2.38. The van der Waals surface area contributed by atoms with Crippen molar-refractivity contribution >= 4 is 41.1 Å². The Kier molecular flexibility index (Phi) is 5.19. The van der Waals surface area contributed by atoms with Gasteiger partial charge in [0.05, 0.1) is 6.07 Å². The van der Waals surface area contributed by atoms with Crippen LogP contribution in [0.5, 0.6) is 0 Å². The molecule has 1 aromatic heterocycles. The molecule has 114 valence electrons. The van der Waals surface area contributed by atoms with Crippen LogP contribution >= 0.6 is 23.2 Å². The molecular formula is C14H9Cl2NO5. The van der Waals surface area contributed by atoms with Gasteiger partial charge in [-0.25, -0.2) is 4.79 Å². The van der Waals surface area contributed by atoms with Crippen LogP contribution in [-0.2, 0) is 16.1 Å². The SMILES string of the molecule is O=C(/C=C/c1ccc([N+](=O)[O-])o1)OCc1ccc(Cl)cc1Cl. The molecule has 2 rings (SSSR count). The second-order valence-electron chi connectivity index (χ2n) is 4.11. The standard InChI is InChI=1S/C14H9Cl2NO5/c15-10-2-1-9(12(16)7-10)8-21-14(18)6-4-11-3-5-13(22-11)17(19)20/h1-7H,8H2/b6-4+. The molecule has 0 bridgehead atoms. The summed E-state index contributed by atoms with van der Waals surface area (Å²) in [6.45, 7) is -0.0164. The Balaban J connectivity index is 1.92. The number of hydrogen-bond donors (Lipinski definition) is 0. The van der Waals surface area contributed by atoms with E-state index in [0.29, 0.717) is 15.6 Å². The van der Waals surface area contributed by atoms with E-state index in [2.05, 4.69) is 0 Å². The molecule has 6 nitrogen and oxygen atoms in total. The molecule has 0 saturated heterocycles. The zero-order valence-corrected chi connectivity index (χ0v) is 12.5. The van der Waals surface area contributed by atoms with E-state index in [1.807, 2.05) is 0 Å². The molecule has 0 fully saturated rings. The Hall–Kier alpha value is -2.31. The fourth-order valence-corrected chi connectivity index (χ4v) is 1.98. The van der Waals surface area contributed by atoms with E-state index in [0.717, 1.165) is 6.08 Å². The van der Waals surface area contributed by atoms with Crippen molar-refractivity contribution in [3.63, 3.8) is 0 Å². The van der Waals surface area contributed by atoms with E-state index in [1.54, 1.807) is 18.2 Å². The van der Waals surface area contributed by atoms with Crippen LogP contribution in [0.2, 0.25) is 10.0 Å². The van der Waals surface area contributed by atoms with E-state index in [1.165, 1.54) is 18.2 Å². The molecular weight excluding hydrogens is 333 g/mol. The minimum absolute atomic E-state index is 0.0164. The van der Waals surface area contributed by atoms with E-state index < -0.39 is 16.8 Å². The molecule has 0 spiro atoms. The zero-order chi connectivity index (χ0) is 16.1. The average Bonchev–Trinajstić information content (AvgIpc) is 2.93. The number of halogens is 2. The predicted molar refractivity (Wildman–Crippen MR) is 80.7 cm³/mol. The van der Waals surface area contributed by atoms with Crippen LogP contribution in [0.1, 0.15) is 11.3 Å². The number of carbonyl (C=O) groups excluding carboxylic acids is 1. The maximum atomic E-state index is 11.6. The van der Waals surface area contributed by atoms with Crippen molar-refractivity contribution in [1.82, 2.24) is 0 Å². The van der Waals surface area contributed by atoms with Gasteiger partial charge in [0.2, 0.25) is 0 Å². The topological polar surface area (TPSA) is 82.6 Å². The van der Waals surface area contributed by atoms with Crippen LogP contribution in [0.25, 0.3) is 6.08 Å². The van der Waals surface area contributed by atoms with Crippen LogP contribution in [0.15, 0.2) is 40.8 Å². The third kappa shape index (κ3) is 4.34. The van der Waals surface area contributed by atoms with Gasteiger partial charge >= 0.3 is 11.9 Å². The number of nitro groups is 1. The highest BCUT2D eigenvalue weighted by Gasteiger charge is 2.10. The van der Waals surface area contributed by atoms with E-state index >= 15 is 0 Å². The number of hydrogen-bond acceptors (Lipinski definition) is 5. The Labute approximate surface area is 135 Å². The predicted octanol–water partition coefficient (Wildman–Crippen LogP) is 4.25. The highest BCUT2D eigenvalue weighted by Crippen LogP contribution is 2.21. The van der Waals surface area contributed by atoms with Crippen molar-refractivity contribution in [2.75, 3.05) is 0 Å². The van der Waals surface area contributed by atoms with Crippen LogP contribution in [0.3, 0.4) is 0 Å². The first kappa shape index (κ1) is 16.1. The number of nitrogens with zero attached hydrogens (tertiary/aromatic N) is 1. The van der Waals surface area contributed by atoms with Crippen molar-refractivity contribution in [1.29, 1.82) is 0 Å².